The van der Waals surface area contributed by atoms with Crippen molar-refractivity contribution in [3.63, 3.8) is 0 Å². The van der Waals surface area contributed by atoms with E-state index >= 15 is 0 Å². The van der Waals surface area contributed by atoms with Crippen molar-refractivity contribution in [3.8, 4) is 11.1 Å². The van der Waals surface area contributed by atoms with Crippen LogP contribution in [0.25, 0.3) is 11.1 Å². The second kappa shape index (κ2) is 14.8. The Morgan fingerprint density at radius 2 is 1.71 bits per heavy atom. The van der Waals surface area contributed by atoms with Crippen LogP contribution in [0.3, 0.4) is 0 Å². The lowest BCUT2D eigenvalue weighted by Crippen LogP contribution is -2.43. The van der Waals surface area contributed by atoms with Crippen molar-refractivity contribution in [2.45, 2.75) is 38.6 Å². The molecule has 3 aromatic carbocycles. The van der Waals surface area contributed by atoms with Crippen molar-refractivity contribution < 1.29 is 24.1 Å². The number of carbonyl (C=O) groups excluding carboxylic acids is 1. The Kier molecular flexibility index (Phi) is 10.9. The van der Waals surface area contributed by atoms with Crippen LogP contribution in [-0.2, 0) is 27.4 Å². The van der Waals surface area contributed by atoms with Gasteiger partial charge in [-0.25, -0.2) is 4.79 Å². The van der Waals surface area contributed by atoms with Gasteiger partial charge in [0.15, 0.2) is 6.29 Å². The predicted octanol–water partition coefficient (Wildman–Crippen LogP) is 6.17. The summed E-state index contributed by atoms with van der Waals surface area (Å²) < 4.78 is 18.1. The van der Waals surface area contributed by atoms with E-state index in [0.29, 0.717) is 6.54 Å². The molecular weight excluding hydrogens is 516 g/mol. The summed E-state index contributed by atoms with van der Waals surface area (Å²) in [5, 5.41) is 12.2. The summed E-state index contributed by atoms with van der Waals surface area (Å²) in [6, 6.07) is 24.2. The Labute approximate surface area is 243 Å². The highest BCUT2D eigenvalue weighted by atomic mass is 16.7. The highest BCUT2D eigenvalue weighted by molar-refractivity contribution is 5.68. The molecule has 0 aromatic heterocycles. The van der Waals surface area contributed by atoms with Gasteiger partial charge in [-0.15, -0.1) is 6.58 Å². The van der Waals surface area contributed by atoms with Gasteiger partial charge in [0, 0.05) is 31.1 Å². The number of nitrogens with zero attached hydrogens (tertiary/aromatic N) is 1. The van der Waals surface area contributed by atoms with E-state index in [9.17, 15) is 9.90 Å². The number of likely N-dealkylation sites (N-methyl/N-ethyl adjacent to an activating group) is 1. The lowest BCUT2D eigenvalue weighted by molar-refractivity contribution is -0.275. The molecule has 1 saturated heterocycles. The third-order valence-electron chi connectivity index (χ3n) is 7.27. The van der Waals surface area contributed by atoms with Gasteiger partial charge in [0.05, 0.1) is 18.8 Å². The number of ether oxygens (including phenoxy) is 3. The summed E-state index contributed by atoms with van der Waals surface area (Å²) in [6.45, 7) is 11.6. The molecule has 0 saturated carbocycles. The lowest BCUT2D eigenvalue weighted by Gasteiger charge is -2.42. The fraction of sp³-hybridized carbons (Fsp3) is 0.324. The molecule has 1 heterocycles. The molecule has 7 nitrogen and oxygen atoms in total. The maximum Gasteiger partial charge on any atom is 0.407 e. The Morgan fingerprint density at radius 1 is 0.976 bits per heavy atom. The van der Waals surface area contributed by atoms with Crippen molar-refractivity contribution in [2.75, 3.05) is 26.7 Å². The molecule has 1 fully saturated rings. The van der Waals surface area contributed by atoms with Crippen LogP contribution in [0.4, 0.5) is 4.79 Å². The zero-order valence-electron chi connectivity index (χ0n) is 23.9. The Balaban J connectivity index is 1.51. The molecule has 3 aromatic rings. The second-order valence-corrected chi connectivity index (χ2v) is 10.4. The summed E-state index contributed by atoms with van der Waals surface area (Å²) in [5.41, 5.74) is 5.94. The van der Waals surface area contributed by atoms with Crippen LogP contribution in [0.5, 0.6) is 0 Å². The van der Waals surface area contributed by atoms with Gasteiger partial charge in [0.2, 0.25) is 0 Å². The second-order valence-electron chi connectivity index (χ2n) is 10.4. The number of carbonyl (C=O) groups is 1. The number of alkyl carbamates (subject to hydrolysis) is 1. The summed E-state index contributed by atoms with van der Waals surface area (Å²) in [4.78, 5) is 14.0. The number of hydrogen-bond acceptors (Lipinski definition) is 6. The first-order valence-electron chi connectivity index (χ1n) is 13.9. The number of rotatable bonds is 12. The standard InChI is InChI=1S/C34H40N2O5/c1-5-18-36(4)22-31-24(3)32(28-12-10-25(23-37)11-13-28)41-33(40-31)29-16-14-27(15-17-29)30-9-7-8-26(20-30)21-35-34(38)39-19-6-2/h5-17,20,24,31-33,37H,1-2,18-19,21-23H2,3-4H3,(H,35,38)/t24-,31+,32+,33+/m1/s1. The smallest absolute Gasteiger partial charge is 0.407 e. The average molecular weight is 557 g/mol. The summed E-state index contributed by atoms with van der Waals surface area (Å²) in [7, 11) is 2.07. The third-order valence-corrected chi connectivity index (χ3v) is 7.27. The minimum absolute atomic E-state index is 0.0100. The van der Waals surface area contributed by atoms with Gasteiger partial charge >= 0.3 is 6.09 Å². The number of nitrogens with one attached hydrogen (secondary N) is 1. The first kappa shape index (κ1) is 30.2. The largest absolute Gasteiger partial charge is 0.445 e. The first-order valence-corrected chi connectivity index (χ1v) is 13.9. The number of aliphatic hydroxyl groups is 1. The maximum atomic E-state index is 11.8. The van der Waals surface area contributed by atoms with Crippen LogP contribution in [-0.4, -0.2) is 48.9 Å². The molecule has 1 amide bonds. The van der Waals surface area contributed by atoms with Crippen LogP contribution < -0.4 is 5.32 Å². The quantitative estimate of drug-likeness (QED) is 0.260. The zero-order chi connectivity index (χ0) is 29.2. The molecule has 1 aliphatic heterocycles. The number of hydrogen-bond donors (Lipinski definition) is 2. The van der Waals surface area contributed by atoms with Crippen LogP contribution in [0.15, 0.2) is 98.1 Å². The van der Waals surface area contributed by atoms with E-state index in [2.05, 4.69) is 55.5 Å². The fourth-order valence-corrected chi connectivity index (χ4v) is 4.98. The molecule has 0 radical (unpaired) electrons. The molecule has 2 N–H and O–H groups in total. The van der Waals surface area contributed by atoms with Crippen molar-refractivity contribution in [1.29, 1.82) is 0 Å². The topological polar surface area (TPSA) is 80.3 Å². The third kappa shape index (κ3) is 8.15. The van der Waals surface area contributed by atoms with Gasteiger partial charge in [-0.2, -0.15) is 0 Å². The number of aliphatic hydroxyl groups excluding tert-OH is 1. The number of benzene rings is 3. The summed E-state index contributed by atoms with van der Waals surface area (Å²) in [5.74, 6) is 0.114. The monoisotopic (exact) mass is 556 g/mol. The highest BCUT2D eigenvalue weighted by Gasteiger charge is 2.38. The van der Waals surface area contributed by atoms with Crippen LogP contribution in [0.2, 0.25) is 0 Å². The molecule has 216 valence electrons. The normalized spacial score (nSPS) is 20.4. The first-order chi connectivity index (χ1) is 19.9. The summed E-state index contributed by atoms with van der Waals surface area (Å²) >= 11 is 0. The molecular formula is C34H40N2O5. The van der Waals surface area contributed by atoms with Crippen molar-refractivity contribution in [2.24, 2.45) is 5.92 Å². The molecule has 4 rings (SSSR count). The Bertz CT molecular complexity index is 1290. The lowest BCUT2D eigenvalue weighted by atomic mass is 9.90. The minimum Gasteiger partial charge on any atom is -0.445 e. The Morgan fingerprint density at radius 3 is 2.39 bits per heavy atom. The molecule has 0 spiro atoms. The van der Waals surface area contributed by atoms with Gasteiger partial charge in [-0.3, -0.25) is 0 Å². The molecule has 1 aliphatic rings. The highest BCUT2D eigenvalue weighted by Crippen LogP contribution is 2.42. The SMILES string of the molecule is C=CCOC(=O)NCc1cccc(-c2ccc([C@H]3O[C@@H](CN(C)CC=C)[C@@H](C)[C@@H](c4ccc(CO)cc4)O3)cc2)c1. The van der Waals surface area contributed by atoms with E-state index in [1.807, 2.05) is 60.7 Å². The average Bonchev–Trinajstić information content (AvgIpc) is 3.00. The van der Waals surface area contributed by atoms with Gasteiger partial charge in [0.25, 0.3) is 0 Å². The molecule has 0 unspecified atom stereocenters. The molecule has 7 heteroatoms. The van der Waals surface area contributed by atoms with Gasteiger partial charge in [-0.1, -0.05) is 92.4 Å². The van der Waals surface area contributed by atoms with E-state index in [1.54, 1.807) is 0 Å². The van der Waals surface area contributed by atoms with Crippen LogP contribution >= 0.6 is 0 Å². The predicted molar refractivity (Wildman–Crippen MR) is 161 cm³/mol. The Hall–Kier alpha value is -3.75. The van der Waals surface area contributed by atoms with Crippen LogP contribution in [0.1, 0.15) is 41.6 Å². The van der Waals surface area contributed by atoms with E-state index in [0.717, 1.165) is 46.5 Å². The van der Waals surface area contributed by atoms with Crippen LogP contribution in [0, 0.1) is 5.92 Å². The molecule has 4 atom stereocenters. The minimum atomic E-state index is -0.526. The zero-order valence-corrected chi connectivity index (χ0v) is 23.9. The fourth-order valence-electron chi connectivity index (χ4n) is 4.98. The van der Waals surface area contributed by atoms with Crippen molar-refractivity contribution in [1.82, 2.24) is 10.2 Å². The van der Waals surface area contributed by atoms with E-state index in [-0.39, 0.29) is 31.3 Å². The van der Waals surface area contributed by atoms with Crippen molar-refractivity contribution >= 4 is 6.09 Å². The molecule has 0 aliphatic carbocycles. The van der Waals surface area contributed by atoms with Gasteiger partial charge in [-0.05, 0) is 40.9 Å². The van der Waals surface area contributed by atoms with E-state index < -0.39 is 12.4 Å². The van der Waals surface area contributed by atoms with E-state index in [1.165, 1.54) is 6.08 Å². The summed E-state index contributed by atoms with van der Waals surface area (Å²) in [6.07, 6.45) is 2.21. The van der Waals surface area contributed by atoms with Crippen molar-refractivity contribution in [3.05, 3.63) is 120 Å². The van der Waals surface area contributed by atoms with E-state index in [4.69, 9.17) is 14.2 Å². The molecule has 0 bridgehead atoms. The maximum absolute atomic E-state index is 11.8. The van der Waals surface area contributed by atoms with Gasteiger partial charge < -0.3 is 29.5 Å². The number of amides is 1. The molecule has 41 heavy (non-hydrogen) atoms. The van der Waals surface area contributed by atoms with Gasteiger partial charge in [0.1, 0.15) is 6.61 Å².